The summed E-state index contributed by atoms with van der Waals surface area (Å²) in [5, 5.41) is 12.3. The SMILES string of the molecule is CCCNC(CN1CCCCCCC1)C(=O)O. The zero-order valence-corrected chi connectivity index (χ0v) is 11.0. The Kier molecular flexibility index (Phi) is 7.21. The molecule has 1 rings (SSSR count). The Hall–Kier alpha value is -0.610. The van der Waals surface area contributed by atoms with Gasteiger partial charge in [-0.2, -0.15) is 0 Å². The van der Waals surface area contributed by atoms with Gasteiger partial charge >= 0.3 is 5.97 Å². The maximum absolute atomic E-state index is 11.1. The van der Waals surface area contributed by atoms with Crippen LogP contribution in [-0.2, 0) is 4.79 Å². The van der Waals surface area contributed by atoms with E-state index < -0.39 is 12.0 Å². The first-order valence-electron chi connectivity index (χ1n) is 6.92. The molecule has 4 nitrogen and oxygen atoms in total. The summed E-state index contributed by atoms with van der Waals surface area (Å²) in [4.78, 5) is 13.4. The fourth-order valence-corrected chi connectivity index (χ4v) is 2.30. The predicted octanol–water partition coefficient (Wildman–Crippen LogP) is 1.71. The molecule has 1 saturated heterocycles. The molecule has 1 heterocycles. The van der Waals surface area contributed by atoms with Crippen molar-refractivity contribution in [3.05, 3.63) is 0 Å². The highest BCUT2D eigenvalue weighted by molar-refractivity contribution is 5.73. The minimum Gasteiger partial charge on any atom is -0.480 e. The fraction of sp³-hybridized carbons (Fsp3) is 0.923. The standard InChI is InChI=1S/C13H26N2O2/c1-2-8-14-12(13(16)17)11-15-9-6-4-3-5-7-10-15/h12,14H,2-11H2,1H3,(H,16,17). The van der Waals surface area contributed by atoms with Gasteiger partial charge in [0.05, 0.1) is 0 Å². The molecule has 0 aromatic rings. The Bertz CT molecular complexity index is 213. The Morgan fingerprint density at radius 2 is 1.82 bits per heavy atom. The number of nitrogens with one attached hydrogen (secondary N) is 1. The molecule has 0 spiro atoms. The summed E-state index contributed by atoms with van der Waals surface area (Å²) in [6, 6.07) is -0.408. The first-order chi connectivity index (χ1) is 8.24. The third-order valence-corrected chi connectivity index (χ3v) is 3.33. The first kappa shape index (κ1) is 14.5. The summed E-state index contributed by atoms with van der Waals surface area (Å²) in [5.41, 5.74) is 0. The van der Waals surface area contributed by atoms with Crippen LogP contribution in [0.15, 0.2) is 0 Å². The fourth-order valence-electron chi connectivity index (χ4n) is 2.30. The van der Waals surface area contributed by atoms with Crippen molar-refractivity contribution in [2.24, 2.45) is 0 Å². The van der Waals surface area contributed by atoms with E-state index in [0.717, 1.165) is 26.1 Å². The molecule has 0 radical (unpaired) electrons. The van der Waals surface area contributed by atoms with Gasteiger partial charge in [-0.3, -0.25) is 4.79 Å². The van der Waals surface area contributed by atoms with Crippen LogP contribution in [0.4, 0.5) is 0 Å². The average Bonchev–Trinajstić information content (AvgIpc) is 2.26. The van der Waals surface area contributed by atoms with E-state index in [9.17, 15) is 4.79 Å². The van der Waals surface area contributed by atoms with Crippen LogP contribution < -0.4 is 5.32 Å². The van der Waals surface area contributed by atoms with Gasteiger partial charge < -0.3 is 15.3 Å². The van der Waals surface area contributed by atoms with Gasteiger partial charge in [0.2, 0.25) is 0 Å². The molecule has 0 amide bonds. The van der Waals surface area contributed by atoms with E-state index in [1.165, 1.54) is 32.1 Å². The Morgan fingerprint density at radius 1 is 1.24 bits per heavy atom. The quantitative estimate of drug-likeness (QED) is 0.744. The normalized spacial score (nSPS) is 20.5. The third kappa shape index (κ3) is 6.03. The zero-order chi connectivity index (χ0) is 12.5. The molecule has 0 saturated carbocycles. The van der Waals surface area contributed by atoms with Crippen LogP contribution in [0, 0.1) is 0 Å². The first-order valence-corrected chi connectivity index (χ1v) is 6.92. The number of carbonyl (C=O) groups is 1. The van der Waals surface area contributed by atoms with Crippen molar-refractivity contribution in [1.82, 2.24) is 10.2 Å². The van der Waals surface area contributed by atoms with E-state index in [-0.39, 0.29) is 0 Å². The van der Waals surface area contributed by atoms with Crippen molar-refractivity contribution in [3.63, 3.8) is 0 Å². The second-order valence-corrected chi connectivity index (χ2v) is 4.91. The number of rotatable bonds is 6. The lowest BCUT2D eigenvalue weighted by atomic mass is 10.1. The monoisotopic (exact) mass is 242 g/mol. The van der Waals surface area contributed by atoms with E-state index in [0.29, 0.717) is 6.54 Å². The van der Waals surface area contributed by atoms with E-state index in [4.69, 9.17) is 5.11 Å². The number of likely N-dealkylation sites (tertiary alicyclic amines) is 1. The Balaban J connectivity index is 2.37. The number of nitrogens with zero attached hydrogens (tertiary/aromatic N) is 1. The van der Waals surface area contributed by atoms with Crippen molar-refractivity contribution in [1.29, 1.82) is 0 Å². The van der Waals surface area contributed by atoms with Crippen LogP contribution in [0.25, 0.3) is 0 Å². The van der Waals surface area contributed by atoms with Gasteiger partial charge in [-0.15, -0.1) is 0 Å². The van der Waals surface area contributed by atoms with Crippen LogP contribution in [0.2, 0.25) is 0 Å². The van der Waals surface area contributed by atoms with Crippen LogP contribution in [-0.4, -0.2) is 48.2 Å². The molecule has 100 valence electrons. The summed E-state index contributed by atoms with van der Waals surface area (Å²) in [6.45, 7) is 5.59. The van der Waals surface area contributed by atoms with Gasteiger partial charge in [0, 0.05) is 6.54 Å². The molecular weight excluding hydrogens is 216 g/mol. The second-order valence-electron chi connectivity index (χ2n) is 4.91. The summed E-state index contributed by atoms with van der Waals surface area (Å²) in [7, 11) is 0. The maximum Gasteiger partial charge on any atom is 0.322 e. The third-order valence-electron chi connectivity index (χ3n) is 3.33. The molecule has 17 heavy (non-hydrogen) atoms. The lowest BCUT2D eigenvalue weighted by Crippen LogP contribution is -2.47. The average molecular weight is 242 g/mol. The molecule has 1 aliphatic rings. The van der Waals surface area contributed by atoms with E-state index >= 15 is 0 Å². The Morgan fingerprint density at radius 3 is 2.35 bits per heavy atom. The number of carboxylic acids is 1. The van der Waals surface area contributed by atoms with Gasteiger partial charge in [0.25, 0.3) is 0 Å². The van der Waals surface area contributed by atoms with Gasteiger partial charge in [-0.1, -0.05) is 26.2 Å². The lowest BCUT2D eigenvalue weighted by Gasteiger charge is -2.27. The number of carboxylic acid groups (broad SMARTS) is 1. The molecule has 1 atom stereocenters. The zero-order valence-electron chi connectivity index (χ0n) is 11.0. The molecule has 1 unspecified atom stereocenters. The van der Waals surface area contributed by atoms with Crippen LogP contribution >= 0.6 is 0 Å². The smallest absolute Gasteiger partial charge is 0.322 e. The van der Waals surface area contributed by atoms with Crippen molar-refractivity contribution >= 4 is 5.97 Å². The van der Waals surface area contributed by atoms with E-state index in [1.54, 1.807) is 0 Å². The van der Waals surface area contributed by atoms with Gasteiger partial charge in [-0.25, -0.2) is 0 Å². The molecule has 1 fully saturated rings. The molecule has 4 heteroatoms. The highest BCUT2D eigenvalue weighted by atomic mass is 16.4. The summed E-state index contributed by atoms with van der Waals surface area (Å²) in [5.74, 6) is -0.722. The molecular formula is C13H26N2O2. The second kappa shape index (κ2) is 8.48. The van der Waals surface area contributed by atoms with E-state index in [1.807, 2.05) is 0 Å². The van der Waals surface area contributed by atoms with Crippen LogP contribution in [0.3, 0.4) is 0 Å². The molecule has 0 aromatic heterocycles. The molecule has 1 aliphatic heterocycles. The summed E-state index contributed by atoms with van der Waals surface area (Å²) in [6.07, 6.45) is 7.31. The summed E-state index contributed by atoms with van der Waals surface area (Å²) >= 11 is 0. The minimum absolute atomic E-state index is 0.408. The molecule has 0 aromatic carbocycles. The van der Waals surface area contributed by atoms with Gasteiger partial charge in [-0.05, 0) is 38.9 Å². The summed E-state index contributed by atoms with van der Waals surface area (Å²) < 4.78 is 0. The minimum atomic E-state index is -0.722. The topological polar surface area (TPSA) is 52.6 Å². The van der Waals surface area contributed by atoms with Crippen molar-refractivity contribution in [3.8, 4) is 0 Å². The molecule has 0 aliphatic carbocycles. The van der Waals surface area contributed by atoms with Gasteiger partial charge in [0.15, 0.2) is 0 Å². The number of hydrogen-bond donors (Lipinski definition) is 2. The highest BCUT2D eigenvalue weighted by Gasteiger charge is 2.20. The molecule has 2 N–H and O–H groups in total. The Labute approximate surface area is 104 Å². The largest absolute Gasteiger partial charge is 0.480 e. The van der Waals surface area contributed by atoms with Crippen LogP contribution in [0.5, 0.6) is 0 Å². The van der Waals surface area contributed by atoms with Crippen molar-refractivity contribution < 1.29 is 9.90 Å². The van der Waals surface area contributed by atoms with Crippen LogP contribution in [0.1, 0.15) is 45.4 Å². The maximum atomic E-state index is 11.1. The highest BCUT2D eigenvalue weighted by Crippen LogP contribution is 2.10. The van der Waals surface area contributed by atoms with Crippen molar-refractivity contribution in [2.45, 2.75) is 51.5 Å². The van der Waals surface area contributed by atoms with Crippen molar-refractivity contribution in [2.75, 3.05) is 26.2 Å². The van der Waals surface area contributed by atoms with Gasteiger partial charge in [0.1, 0.15) is 6.04 Å². The predicted molar refractivity (Wildman–Crippen MR) is 69.2 cm³/mol. The number of hydrogen-bond acceptors (Lipinski definition) is 3. The number of aliphatic carboxylic acids is 1. The molecule has 0 bridgehead atoms. The lowest BCUT2D eigenvalue weighted by molar-refractivity contribution is -0.140. The van der Waals surface area contributed by atoms with E-state index in [2.05, 4.69) is 17.1 Å².